The summed E-state index contributed by atoms with van der Waals surface area (Å²) in [4.78, 5) is 27.8. The average Bonchev–Trinajstić information content (AvgIpc) is 2.77. The van der Waals surface area contributed by atoms with Crippen LogP contribution in [-0.4, -0.2) is 57.4 Å². The summed E-state index contributed by atoms with van der Waals surface area (Å²) in [6.07, 6.45) is 2.69. The van der Waals surface area contributed by atoms with Gasteiger partial charge in [0, 0.05) is 6.54 Å². The fraction of sp³-hybridized carbons (Fsp3) is 0.333. The second-order valence-electron chi connectivity index (χ2n) is 8.46. The fourth-order valence-corrected chi connectivity index (χ4v) is 5.01. The number of carbonyl (C=O) groups is 2. The van der Waals surface area contributed by atoms with Gasteiger partial charge in [-0.25, -0.2) is 13.8 Å². The Bertz CT molecular complexity index is 1070. The zero-order valence-electron chi connectivity index (χ0n) is 17.4. The lowest BCUT2D eigenvalue weighted by molar-refractivity contribution is -0.155. The number of piperazine rings is 1. The third kappa shape index (κ3) is 3.44. The van der Waals surface area contributed by atoms with Crippen molar-refractivity contribution in [3.8, 4) is 0 Å². The van der Waals surface area contributed by atoms with Crippen molar-refractivity contribution in [1.82, 2.24) is 14.9 Å². The first kappa shape index (κ1) is 20.6. The number of aliphatic hydroxyl groups excluding tert-OH is 1. The molecule has 2 saturated heterocycles. The van der Waals surface area contributed by atoms with Gasteiger partial charge < -0.3 is 10.0 Å². The number of hydrogen-bond acceptors (Lipinski definition) is 5. The highest BCUT2D eigenvalue weighted by atomic mass is 19.1. The number of amides is 1. The molecular weight excluding hydrogens is 416 g/mol. The summed E-state index contributed by atoms with van der Waals surface area (Å²) in [7, 11) is 0. The number of nitrogens with zero attached hydrogens (tertiary/aromatic N) is 3. The molecule has 32 heavy (non-hydrogen) atoms. The number of ketones is 1. The molecular formula is C24H23F2N3O3. The van der Waals surface area contributed by atoms with E-state index in [-0.39, 0.29) is 24.2 Å². The Morgan fingerprint density at radius 3 is 2.25 bits per heavy atom. The normalized spacial score (nSPS) is 21.8. The van der Waals surface area contributed by atoms with Gasteiger partial charge in [-0.1, -0.05) is 24.3 Å². The Labute approximate surface area is 184 Å². The molecule has 1 amide bonds. The first-order chi connectivity index (χ1) is 15.4. The number of Topliss-reactive ketones (excluding diaryl/α,β-unsaturated/α-hetero) is 1. The van der Waals surface area contributed by atoms with Crippen LogP contribution in [0.15, 0.2) is 60.0 Å². The van der Waals surface area contributed by atoms with Crippen LogP contribution in [0.1, 0.15) is 36.4 Å². The lowest BCUT2D eigenvalue weighted by atomic mass is 9.94. The van der Waals surface area contributed by atoms with Crippen molar-refractivity contribution in [3.05, 3.63) is 82.7 Å². The predicted octanol–water partition coefficient (Wildman–Crippen LogP) is 3.32. The number of aliphatic hydroxyl groups is 1. The van der Waals surface area contributed by atoms with Crippen molar-refractivity contribution >= 4 is 11.7 Å². The standard InChI is InChI=1S/C24H23F2N3O3/c25-17-7-3-5-15(11-17)21(16-6-4-8-18(26)12-16)29-14-20(30)23(31)22-24(32)27-10-2-1-9-19(27)13-28(22)29/h3-8,11-12,19,21,31H,1-2,9-10,13-14H2. The molecule has 3 aliphatic heterocycles. The molecule has 3 aliphatic rings. The van der Waals surface area contributed by atoms with E-state index in [1.807, 2.05) is 0 Å². The Kier molecular flexibility index (Phi) is 5.17. The Balaban J connectivity index is 1.64. The van der Waals surface area contributed by atoms with Gasteiger partial charge in [-0.15, -0.1) is 0 Å². The quantitative estimate of drug-likeness (QED) is 0.795. The van der Waals surface area contributed by atoms with E-state index in [0.717, 1.165) is 19.3 Å². The van der Waals surface area contributed by atoms with E-state index in [1.54, 1.807) is 39.2 Å². The zero-order valence-corrected chi connectivity index (χ0v) is 17.4. The Morgan fingerprint density at radius 1 is 0.969 bits per heavy atom. The minimum absolute atomic E-state index is 0.0517. The molecule has 3 heterocycles. The number of carbonyl (C=O) groups excluding carboxylic acids is 2. The molecule has 1 N–H and O–H groups in total. The molecule has 0 bridgehead atoms. The molecule has 6 nitrogen and oxygen atoms in total. The summed E-state index contributed by atoms with van der Waals surface area (Å²) in [6.45, 7) is 0.770. The second kappa shape index (κ2) is 8.02. The van der Waals surface area contributed by atoms with Crippen LogP contribution in [0.5, 0.6) is 0 Å². The number of hydrazine groups is 1. The van der Waals surface area contributed by atoms with E-state index in [0.29, 0.717) is 24.2 Å². The molecule has 0 aromatic heterocycles. The summed E-state index contributed by atoms with van der Waals surface area (Å²) in [5.74, 6) is -2.45. The molecule has 1 unspecified atom stereocenters. The summed E-state index contributed by atoms with van der Waals surface area (Å²) < 4.78 is 28.3. The van der Waals surface area contributed by atoms with Crippen LogP contribution in [0, 0.1) is 11.6 Å². The predicted molar refractivity (Wildman–Crippen MR) is 112 cm³/mol. The highest BCUT2D eigenvalue weighted by molar-refractivity contribution is 6.06. The molecule has 5 rings (SSSR count). The summed E-state index contributed by atoms with van der Waals surface area (Å²) in [5, 5.41) is 13.9. The number of benzene rings is 2. The topological polar surface area (TPSA) is 64.1 Å². The highest BCUT2D eigenvalue weighted by Crippen LogP contribution is 2.38. The van der Waals surface area contributed by atoms with Gasteiger partial charge in [0.05, 0.1) is 25.2 Å². The monoisotopic (exact) mass is 439 g/mol. The van der Waals surface area contributed by atoms with E-state index in [2.05, 4.69) is 0 Å². The summed E-state index contributed by atoms with van der Waals surface area (Å²) >= 11 is 0. The van der Waals surface area contributed by atoms with Gasteiger partial charge in [-0.3, -0.25) is 14.6 Å². The van der Waals surface area contributed by atoms with Crippen LogP contribution in [0.25, 0.3) is 0 Å². The third-order valence-electron chi connectivity index (χ3n) is 6.46. The van der Waals surface area contributed by atoms with Crippen molar-refractivity contribution in [1.29, 1.82) is 0 Å². The summed E-state index contributed by atoms with van der Waals surface area (Å²) in [5.41, 5.74) is 0.975. The van der Waals surface area contributed by atoms with Gasteiger partial charge in [0.25, 0.3) is 5.91 Å². The first-order valence-electron chi connectivity index (χ1n) is 10.8. The van der Waals surface area contributed by atoms with Crippen LogP contribution in [0.4, 0.5) is 8.78 Å². The third-order valence-corrected chi connectivity index (χ3v) is 6.46. The number of halogens is 2. The average molecular weight is 439 g/mol. The molecule has 0 saturated carbocycles. The molecule has 166 valence electrons. The van der Waals surface area contributed by atoms with Crippen molar-refractivity contribution < 1.29 is 23.5 Å². The van der Waals surface area contributed by atoms with Gasteiger partial charge in [0.1, 0.15) is 11.6 Å². The van der Waals surface area contributed by atoms with E-state index in [9.17, 15) is 23.5 Å². The lowest BCUT2D eigenvalue weighted by Gasteiger charge is -2.52. The summed E-state index contributed by atoms with van der Waals surface area (Å²) in [6, 6.07) is 11.1. The minimum atomic E-state index is -0.726. The van der Waals surface area contributed by atoms with Crippen LogP contribution in [0.2, 0.25) is 0 Å². The molecule has 0 radical (unpaired) electrons. The van der Waals surface area contributed by atoms with Crippen LogP contribution < -0.4 is 0 Å². The van der Waals surface area contributed by atoms with Crippen LogP contribution in [-0.2, 0) is 9.59 Å². The SMILES string of the molecule is O=C1CN(C(c2cccc(F)c2)c2cccc(F)c2)N2CC3CCCCN3C(=O)C2=C1O. The van der Waals surface area contributed by atoms with Gasteiger partial charge in [0.2, 0.25) is 5.78 Å². The van der Waals surface area contributed by atoms with E-state index >= 15 is 0 Å². The highest BCUT2D eigenvalue weighted by Gasteiger charge is 2.47. The van der Waals surface area contributed by atoms with E-state index < -0.39 is 29.2 Å². The van der Waals surface area contributed by atoms with Crippen molar-refractivity contribution in [2.75, 3.05) is 19.6 Å². The molecule has 2 aromatic rings. The lowest BCUT2D eigenvalue weighted by Crippen LogP contribution is -2.64. The molecule has 8 heteroatoms. The maximum absolute atomic E-state index is 14.2. The van der Waals surface area contributed by atoms with Gasteiger partial charge in [-0.2, -0.15) is 0 Å². The fourth-order valence-electron chi connectivity index (χ4n) is 5.01. The van der Waals surface area contributed by atoms with Gasteiger partial charge >= 0.3 is 0 Å². The van der Waals surface area contributed by atoms with Crippen molar-refractivity contribution in [2.45, 2.75) is 31.3 Å². The van der Waals surface area contributed by atoms with Crippen LogP contribution in [0.3, 0.4) is 0 Å². The largest absolute Gasteiger partial charge is 0.503 e. The van der Waals surface area contributed by atoms with Gasteiger partial charge in [0.15, 0.2) is 11.5 Å². The van der Waals surface area contributed by atoms with Gasteiger partial charge in [-0.05, 0) is 54.7 Å². The molecule has 2 fully saturated rings. The first-order valence-corrected chi connectivity index (χ1v) is 10.8. The van der Waals surface area contributed by atoms with Crippen LogP contribution >= 0.6 is 0 Å². The smallest absolute Gasteiger partial charge is 0.275 e. The molecule has 0 aliphatic carbocycles. The Hall–Kier alpha value is -3.26. The maximum atomic E-state index is 14.2. The molecule has 1 atom stereocenters. The number of piperidine rings is 1. The number of hydrogen-bond donors (Lipinski definition) is 1. The minimum Gasteiger partial charge on any atom is -0.503 e. The van der Waals surface area contributed by atoms with Crippen molar-refractivity contribution in [2.24, 2.45) is 0 Å². The maximum Gasteiger partial charge on any atom is 0.275 e. The number of fused-ring (bicyclic) bond motifs is 2. The van der Waals surface area contributed by atoms with Crippen molar-refractivity contribution in [3.63, 3.8) is 0 Å². The number of rotatable bonds is 3. The van der Waals surface area contributed by atoms with E-state index in [4.69, 9.17) is 0 Å². The zero-order chi connectivity index (χ0) is 22.4. The Morgan fingerprint density at radius 2 is 1.62 bits per heavy atom. The van der Waals surface area contributed by atoms with E-state index in [1.165, 1.54) is 24.3 Å². The second-order valence-corrected chi connectivity index (χ2v) is 8.46. The molecule has 2 aromatic carbocycles. The molecule has 0 spiro atoms.